The monoisotopic (exact) mass is 412 g/mol. The highest BCUT2D eigenvalue weighted by Crippen LogP contribution is 2.23. The molecule has 1 aliphatic heterocycles. The number of amidine groups is 1. The first-order chi connectivity index (χ1) is 14.1. The van der Waals surface area contributed by atoms with Gasteiger partial charge in [0.25, 0.3) is 11.5 Å². The molecule has 3 aromatic rings. The summed E-state index contributed by atoms with van der Waals surface area (Å²) in [7, 11) is 1.43. The summed E-state index contributed by atoms with van der Waals surface area (Å²) in [4.78, 5) is 40.4. The van der Waals surface area contributed by atoms with Crippen molar-refractivity contribution in [3.05, 3.63) is 57.7 Å². The third-order valence-electron chi connectivity index (χ3n) is 4.14. The van der Waals surface area contributed by atoms with Gasteiger partial charge in [0.1, 0.15) is 21.7 Å². The summed E-state index contributed by atoms with van der Waals surface area (Å²) in [6.45, 7) is 0.0526. The molecule has 10 nitrogen and oxygen atoms in total. The Balaban J connectivity index is 1.57. The fourth-order valence-electron chi connectivity index (χ4n) is 2.71. The van der Waals surface area contributed by atoms with Crippen LogP contribution in [-0.2, 0) is 4.74 Å². The van der Waals surface area contributed by atoms with Crippen molar-refractivity contribution >= 4 is 33.3 Å². The lowest BCUT2D eigenvalue weighted by molar-refractivity contribution is 0.0960. The molecule has 0 fully saturated rings. The molecule has 3 aromatic heterocycles. The van der Waals surface area contributed by atoms with Gasteiger partial charge >= 0.3 is 0 Å². The van der Waals surface area contributed by atoms with Gasteiger partial charge in [-0.25, -0.2) is 9.98 Å². The Kier molecular flexibility index (Phi) is 5.06. The number of fused-ring (bicyclic) bond motifs is 1. The van der Waals surface area contributed by atoms with E-state index in [1.807, 2.05) is 0 Å². The molecule has 29 heavy (non-hydrogen) atoms. The third kappa shape index (κ3) is 3.73. The topological polar surface area (TPSA) is 142 Å². The summed E-state index contributed by atoms with van der Waals surface area (Å²) in [5.41, 5.74) is 0.744. The minimum atomic E-state index is -1.13. The molecule has 0 saturated carbocycles. The first-order valence-corrected chi connectivity index (χ1v) is 9.41. The highest BCUT2D eigenvalue weighted by Gasteiger charge is 2.20. The molecule has 4 N–H and O–H groups in total. The zero-order valence-corrected chi connectivity index (χ0v) is 16.0. The van der Waals surface area contributed by atoms with E-state index >= 15 is 0 Å². The molecule has 0 radical (unpaired) electrons. The van der Waals surface area contributed by atoms with Crippen LogP contribution in [0.1, 0.15) is 10.4 Å². The van der Waals surface area contributed by atoms with Gasteiger partial charge in [-0.15, -0.1) is 11.3 Å². The maximum atomic E-state index is 12.7. The average molecular weight is 412 g/mol. The molecule has 0 saturated heterocycles. The molecule has 1 aliphatic rings. The number of hydrogen-bond donors (Lipinski definition) is 4. The number of ether oxygens (including phenoxy) is 1. The van der Waals surface area contributed by atoms with E-state index in [2.05, 4.69) is 30.6 Å². The fraction of sp³-hybridized carbons (Fsp3) is 0.167. The quantitative estimate of drug-likeness (QED) is 0.480. The second-order valence-corrected chi connectivity index (χ2v) is 6.86. The van der Waals surface area contributed by atoms with Crippen molar-refractivity contribution in [2.75, 3.05) is 13.7 Å². The number of thiophene rings is 1. The summed E-state index contributed by atoms with van der Waals surface area (Å²) in [5, 5.41) is 16.9. The Morgan fingerprint density at radius 1 is 1.41 bits per heavy atom. The van der Waals surface area contributed by atoms with E-state index in [1.54, 1.807) is 29.8 Å². The summed E-state index contributed by atoms with van der Waals surface area (Å²) >= 11 is 1.14. The number of amides is 1. The number of nitrogens with one attached hydrogen (secondary N) is 3. The van der Waals surface area contributed by atoms with Crippen molar-refractivity contribution in [2.24, 2.45) is 4.99 Å². The first kappa shape index (κ1) is 18.8. The number of aliphatic imine (C=N–C) groups is 1. The molecular formula is C18H16N6O4S. The second kappa shape index (κ2) is 7.81. The standard InChI is InChI=1S/C18H16N6O4S/c1-28-11-6-20-12(22-17(11)26)7-21-16(25)9-8-29-14-13(9)23-15(24-18(14)27)10-4-2-3-5-19-10/h2-6,8,17,26H,7H2,1H3,(H,20,22)(H,21,25)(H,23,24,27). The number of aromatic nitrogens is 3. The molecule has 4 rings (SSSR count). The van der Waals surface area contributed by atoms with Crippen molar-refractivity contribution < 1.29 is 14.6 Å². The predicted molar refractivity (Wildman–Crippen MR) is 107 cm³/mol. The SMILES string of the molecule is COC1=CNC(CNC(=O)c2csc3c(=O)[nH]c(-c4ccccn4)nc23)=NC1O. The average Bonchev–Trinajstić information content (AvgIpc) is 3.17. The Hall–Kier alpha value is -3.57. The number of rotatable bonds is 5. The van der Waals surface area contributed by atoms with E-state index in [0.29, 0.717) is 21.7 Å². The third-order valence-corrected chi connectivity index (χ3v) is 5.11. The number of pyridine rings is 1. The first-order valence-electron chi connectivity index (χ1n) is 8.53. The largest absolute Gasteiger partial charge is 0.495 e. The number of aliphatic hydroxyl groups is 1. The van der Waals surface area contributed by atoms with Crippen LogP contribution >= 0.6 is 11.3 Å². The molecule has 0 aromatic carbocycles. The summed E-state index contributed by atoms with van der Waals surface area (Å²) in [6, 6.07) is 5.26. The number of carbonyl (C=O) groups excluding carboxylic acids is 1. The number of carbonyl (C=O) groups is 1. The van der Waals surface area contributed by atoms with E-state index in [0.717, 1.165) is 11.3 Å². The maximum Gasteiger partial charge on any atom is 0.269 e. The van der Waals surface area contributed by atoms with Gasteiger partial charge in [-0.2, -0.15) is 0 Å². The minimum absolute atomic E-state index is 0.0526. The Morgan fingerprint density at radius 3 is 3.00 bits per heavy atom. The zero-order valence-electron chi connectivity index (χ0n) is 15.2. The number of nitrogens with zero attached hydrogens (tertiary/aromatic N) is 3. The lowest BCUT2D eigenvalue weighted by Gasteiger charge is -2.18. The van der Waals surface area contributed by atoms with E-state index < -0.39 is 12.1 Å². The normalized spacial score (nSPS) is 16.0. The number of aromatic amines is 1. The highest BCUT2D eigenvalue weighted by molar-refractivity contribution is 7.17. The molecule has 11 heteroatoms. The molecule has 0 bridgehead atoms. The van der Waals surface area contributed by atoms with Crippen molar-refractivity contribution in [1.82, 2.24) is 25.6 Å². The van der Waals surface area contributed by atoms with Crippen molar-refractivity contribution in [3.8, 4) is 11.5 Å². The van der Waals surface area contributed by atoms with Gasteiger partial charge in [-0.3, -0.25) is 14.6 Å². The smallest absolute Gasteiger partial charge is 0.269 e. The summed E-state index contributed by atoms with van der Waals surface area (Å²) in [6.07, 6.45) is 1.94. The van der Waals surface area contributed by atoms with Gasteiger partial charge in [0.05, 0.1) is 19.2 Å². The summed E-state index contributed by atoms with van der Waals surface area (Å²) in [5.74, 6) is 0.511. The van der Waals surface area contributed by atoms with E-state index in [9.17, 15) is 14.7 Å². The highest BCUT2D eigenvalue weighted by atomic mass is 32.1. The van der Waals surface area contributed by atoms with Gasteiger partial charge in [-0.1, -0.05) is 6.07 Å². The number of H-pyrrole nitrogens is 1. The van der Waals surface area contributed by atoms with Gasteiger partial charge in [0.15, 0.2) is 11.6 Å². The van der Waals surface area contributed by atoms with Crippen LogP contribution in [0.4, 0.5) is 0 Å². The van der Waals surface area contributed by atoms with Crippen LogP contribution in [0.5, 0.6) is 0 Å². The zero-order chi connectivity index (χ0) is 20.4. The van der Waals surface area contributed by atoms with Crippen LogP contribution < -0.4 is 16.2 Å². The van der Waals surface area contributed by atoms with Crippen LogP contribution in [0.15, 0.2) is 51.5 Å². The van der Waals surface area contributed by atoms with Gasteiger partial charge in [0, 0.05) is 17.8 Å². The number of methoxy groups -OCH3 is 1. The fourth-order valence-corrected chi connectivity index (χ4v) is 3.59. The molecule has 1 atom stereocenters. The molecule has 4 heterocycles. The Bertz CT molecular complexity index is 1180. The van der Waals surface area contributed by atoms with Crippen molar-refractivity contribution in [1.29, 1.82) is 0 Å². The molecule has 1 amide bonds. The molecule has 0 aliphatic carbocycles. The van der Waals surface area contributed by atoms with Crippen molar-refractivity contribution in [3.63, 3.8) is 0 Å². The van der Waals surface area contributed by atoms with Crippen LogP contribution in [0, 0.1) is 0 Å². The van der Waals surface area contributed by atoms with E-state index in [-0.39, 0.29) is 29.3 Å². The van der Waals surface area contributed by atoms with Gasteiger partial charge in [-0.05, 0) is 12.1 Å². The lowest BCUT2D eigenvalue weighted by Crippen LogP contribution is -2.38. The minimum Gasteiger partial charge on any atom is -0.495 e. The van der Waals surface area contributed by atoms with Crippen LogP contribution in [-0.4, -0.2) is 51.7 Å². The molecule has 1 unspecified atom stereocenters. The maximum absolute atomic E-state index is 12.7. The molecular weight excluding hydrogens is 396 g/mol. The van der Waals surface area contributed by atoms with Crippen LogP contribution in [0.3, 0.4) is 0 Å². The predicted octanol–water partition coefficient (Wildman–Crippen LogP) is 0.584. The summed E-state index contributed by atoms with van der Waals surface area (Å²) < 4.78 is 5.31. The molecule has 148 valence electrons. The van der Waals surface area contributed by atoms with E-state index in [1.165, 1.54) is 13.3 Å². The van der Waals surface area contributed by atoms with Crippen LogP contribution in [0.25, 0.3) is 21.7 Å². The Morgan fingerprint density at radius 2 is 2.28 bits per heavy atom. The lowest BCUT2D eigenvalue weighted by atomic mass is 10.2. The van der Waals surface area contributed by atoms with Gasteiger partial charge < -0.3 is 25.5 Å². The van der Waals surface area contributed by atoms with Gasteiger partial charge in [0.2, 0.25) is 6.23 Å². The van der Waals surface area contributed by atoms with Crippen LogP contribution in [0.2, 0.25) is 0 Å². The van der Waals surface area contributed by atoms with E-state index in [4.69, 9.17) is 4.74 Å². The Labute approximate surface area is 168 Å². The second-order valence-electron chi connectivity index (χ2n) is 5.98. The van der Waals surface area contributed by atoms with Crippen molar-refractivity contribution in [2.45, 2.75) is 6.23 Å². The number of hydrogen-bond acceptors (Lipinski definition) is 9. The number of aliphatic hydroxyl groups excluding tert-OH is 1. The molecule has 0 spiro atoms.